The van der Waals surface area contributed by atoms with E-state index >= 15 is 0 Å². The third-order valence-corrected chi connectivity index (χ3v) is 3.93. The average molecular weight is 257 g/mol. The van der Waals surface area contributed by atoms with E-state index in [2.05, 4.69) is 23.5 Å². The molecule has 0 spiro atoms. The Hall–Kier alpha value is -1.84. The molecule has 0 unspecified atom stereocenters. The van der Waals surface area contributed by atoms with E-state index in [0.29, 0.717) is 6.42 Å². The molecule has 4 heteroatoms. The predicted octanol–water partition coefficient (Wildman–Crippen LogP) is 2.67. The molecule has 2 aromatic rings. The Kier molecular flexibility index (Phi) is 2.46. The van der Waals surface area contributed by atoms with Gasteiger partial charge in [0.15, 0.2) is 11.6 Å². The maximum atomic E-state index is 12.2. The molecular weight excluding hydrogens is 238 g/mol. The number of hydrogen-bond acceptors (Lipinski definition) is 2. The monoisotopic (exact) mass is 257 g/mol. The van der Waals surface area contributed by atoms with Crippen LogP contribution in [0.25, 0.3) is 5.82 Å². The quantitative estimate of drug-likeness (QED) is 0.788. The van der Waals surface area contributed by atoms with E-state index < -0.39 is 0 Å². The minimum Gasteiger partial charge on any atom is -0.303 e. The van der Waals surface area contributed by atoms with E-state index in [-0.39, 0.29) is 11.2 Å². The second-order valence-corrected chi connectivity index (χ2v) is 6.25. The van der Waals surface area contributed by atoms with Gasteiger partial charge in [-0.15, -0.1) is 0 Å². The fraction of sp³-hybridized carbons (Fsp3) is 0.467. The minimum absolute atomic E-state index is 0.0318. The van der Waals surface area contributed by atoms with Crippen molar-refractivity contribution in [3.63, 3.8) is 0 Å². The second-order valence-electron chi connectivity index (χ2n) is 6.25. The average Bonchev–Trinajstić information content (AvgIpc) is 2.82. The van der Waals surface area contributed by atoms with Crippen molar-refractivity contribution in [2.24, 2.45) is 12.5 Å². The van der Waals surface area contributed by atoms with E-state index in [1.807, 2.05) is 37.0 Å². The third-order valence-electron chi connectivity index (χ3n) is 3.93. The smallest absolute Gasteiger partial charge is 0.165 e. The van der Waals surface area contributed by atoms with Gasteiger partial charge in [-0.25, -0.2) is 0 Å². The van der Waals surface area contributed by atoms with Crippen molar-refractivity contribution >= 4 is 5.78 Å². The van der Waals surface area contributed by atoms with E-state index in [0.717, 1.165) is 29.2 Å². The van der Waals surface area contributed by atoms with Crippen LogP contribution in [-0.4, -0.2) is 20.1 Å². The number of aromatic nitrogens is 3. The van der Waals surface area contributed by atoms with Gasteiger partial charge in [0.25, 0.3) is 0 Å². The molecule has 0 atom stereocenters. The Labute approximate surface area is 113 Å². The number of carbonyl (C=O) groups is 1. The summed E-state index contributed by atoms with van der Waals surface area (Å²) in [6.07, 6.45) is 3.51. The van der Waals surface area contributed by atoms with Gasteiger partial charge in [0.1, 0.15) is 0 Å². The van der Waals surface area contributed by atoms with Crippen LogP contribution in [0.15, 0.2) is 18.3 Å². The van der Waals surface area contributed by atoms with Crippen LogP contribution in [0, 0.1) is 12.3 Å². The van der Waals surface area contributed by atoms with Crippen molar-refractivity contribution in [3.8, 4) is 5.82 Å². The van der Waals surface area contributed by atoms with Gasteiger partial charge in [-0.1, -0.05) is 13.8 Å². The van der Waals surface area contributed by atoms with E-state index in [1.54, 1.807) is 0 Å². The molecule has 0 N–H and O–H groups in total. The lowest BCUT2D eigenvalue weighted by Crippen LogP contribution is -2.27. The van der Waals surface area contributed by atoms with Gasteiger partial charge in [0.2, 0.25) is 0 Å². The van der Waals surface area contributed by atoms with Crippen LogP contribution >= 0.6 is 0 Å². The molecule has 0 aromatic carbocycles. The van der Waals surface area contributed by atoms with Crippen LogP contribution in [0.1, 0.15) is 42.0 Å². The van der Waals surface area contributed by atoms with Crippen molar-refractivity contribution in [1.29, 1.82) is 0 Å². The van der Waals surface area contributed by atoms with Crippen molar-refractivity contribution in [1.82, 2.24) is 14.3 Å². The summed E-state index contributed by atoms with van der Waals surface area (Å²) < 4.78 is 3.92. The molecule has 0 amide bonds. The molecule has 0 aliphatic heterocycles. The lowest BCUT2D eigenvalue weighted by molar-refractivity contribution is 0.0911. The Morgan fingerprint density at radius 2 is 2.05 bits per heavy atom. The Morgan fingerprint density at radius 3 is 2.68 bits per heavy atom. The van der Waals surface area contributed by atoms with Crippen LogP contribution in [0.5, 0.6) is 0 Å². The van der Waals surface area contributed by atoms with Crippen LogP contribution in [-0.2, 0) is 13.5 Å². The molecule has 19 heavy (non-hydrogen) atoms. The zero-order valence-electron chi connectivity index (χ0n) is 11.9. The molecule has 0 bridgehead atoms. The largest absolute Gasteiger partial charge is 0.303 e. The predicted molar refractivity (Wildman–Crippen MR) is 73.7 cm³/mol. The summed E-state index contributed by atoms with van der Waals surface area (Å²) in [4.78, 5) is 12.2. The standard InChI is InChI=1S/C15H19N3O/c1-10-7-14(16-17(10)4)18-6-5-11-12(18)8-15(2,3)9-13(11)19/h5-7H,8-9H2,1-4H3. The second kappa shape index (κ2) is 3.83. The molecule has 1 aliphatic carbocycles. The number of carbonyl (C=O) groups excluding carboxylic acids is 1. The van der Waals surface area contributed by atoms with Crippen molar-refractivity contribution in [3.05, 3.63) is 35.3 Å². The van der Waals surface area contributed by atoms with Crippen LogP contribution in [0.2, 0.25) is 0 Å². The van der Waals surface area contributed by atoms with Crippen molar-refractivity contribution in [2.75, 3.05) is 0 Å². The topological polar surface area (TPSA) is 39.8 Å². The Morgan fingerprint density at radius 1 is 1.32 bits per heavy atom. The van der Waals surface area contributed by atoms with Gasteiger partial charge >= 0.3 is 0 Å². The normalized spacial score (nSPS) is 17.6. The minimum atomic E-state index is 0.0318. The third kappa shape index (κ3) is 1.91. The summed E-state index contributed by atoms with van der Waals surface area (Å²) >= 11 is 0. The van der Waals surface area contributed by atoms with Crippen molar-refractivity contribution in [2.45, 2.75) is 33.6 Å². The Balaban J connectivity index is 2.13. The van der Waals surface area contributed by atoms with Gasteiger partial charge in [-0.2, -0.15) is 5.10 Å². The van der Waals surface area contributed by atoms with E-state index in [9.17, 15) is 4.79 Å². The van der Waals surface area contributed by atoms with Crippen molar-refractivity contribution < 1.29 is 4.79 Å². The molecule has 0 saturated heterocycles. The van der Waals surface area contributed by atoms with Gasteiger partial charge in [0, 0.05) is 42.7 Å². The van der Waals surface area contributed by atoms with Gasteiger partial charge in [0.05, 0.1) is 0 Å². The highest BCUT2D eigenvalue weighted by Crippen LogP contribution is 2.36. The Bertz CT molecular complexity index is 641. The first-order valence-corrected chi connectivity index (χ1v) is 6.62. The summed E-state index contributed by atoms with van der Waals surface area (Å²) in [6, 6.07) is 3.98. The number of nitrogens with zero attached hydrogens (tertiary/aromatic N) is 3. The highest BCUT2D eigenvalue weighted by atomic mass is 16.1. The molecular formula is C15H19N3O. The molecule has 0 saturated carbocycles. The van der Waals surface area contributed by atoms with E-state index in [1.165, 1.54) is 0 Å². The number of fused-ring (bicyclic) bond motifs is 1. The van der Waals surface area contributed by atoms with Crippen LogP contribution in [0.3, 0.4) is 0 Å². The lowest BCUT2D eigenvalue weighted by Gasteiger charge is -2.29. The fourth-order valence-corrected chi connectivity index (χ4v) is 2.82. The van der Waals surface area contributed by atoms with Gasteiger partial charge < -0.3 is 4.57 Å². The van der Waals surface area contributed by atoms with Crippen LogP contribution in [0.4, 0.5) is 0 Å². The molecule has 0 fully saturated rings. The molecule has 2 aromatic heterocycles. The highest BCUT2D eigenvalue weighted by Gasteiger charge is 2.33. The van der Waals surface area contributed by atoms with Gasteiger partial charge in [-0.05, 0) is 24.8 Å². The molecule has 1 aliphatic rings. The summed E-state index contributed by atoms with van der Waals surface area (Å²) in [5.41, 5.74) is 3.10. The fourth-order valence-electron chi connectivity index (χ4n) is 2.82. The molecule has 100 valence electrons. The number of Topliss-reactive ketones (excluding diaryl/α,β-unsaturated/α-hetero) is 1. The number of ketones is 1. The number of aryl methyl sites for hydroxylation is 2. The maximum absolute atomic E-state index is 12.2. The first kappa shape index (κ1) is 12.2. The first-order valence-electron chi connectivity index (χ1n) is 6.62. The molecule has 0 radical (unpaired) electrons. The molecule has 3 rings (SSSR count). The number of hydrogen-bond donors (Lipinski definition) is 0. The number of rotatable bonds is 1. The lowest BCUT2D eigenvalue weighted by atomic mass is 9.76. The molecule has 2 heterocycles. The molecule has 4 nitrogen and oxygen atoms in total. The summed E-state index contributed by atoms with van der Waals surface area (Å²) in [6.45, 7) is 6.32. The van der Waals surface area contributed by atoms with Crippen LogP contribution < -0.4 is 0 Å². The highest BCUT2D eigenvalue weighted by molar-refractivity contribution is 5.99. The SMILES string of the molecule is Cc1cc(-n2ccc3c2CC(C)(C)CC3=O)nn1C. The summed E-state index contributed by atoms with van der Waals surface area (Å²) in [5.74, 6) is 1.14. The summed E-state index contributed by atoms with van der Waals surface area (Å²) in [7, 11) is 1.93. The maximum Gasteiger partial charge on any atom is 0.165 e. The van der Waals surface area contributed by atoms with E-state index in [4.69, 9.17) is 0 Å². The summed E-state index contributed by atoms with van der Waals surface area (Å²) in [5, 5.41) is 4.50. The first-order chi connectivity index (χ1) is 8.87. The zero-order valence-corrected chi connectivity index (χ0v) is 11.9. The zero-order chi connectivity index (χ0) is 13.8. The van der Waals surface area contributed by atoms with Gasteiger partial charge in [-0.3, -0.25) is 9.48 Å².